The minimum atomic E-state index is -3.76. The monoisotopic (exact) mass is 489 g/mol. The summed E-state index contributed by atoms with van der Waals surface area (Å²) >= 11 is 1.58. The lowest BCUT2D eigenvalue weighted by molar-refractivity contribution is 0.401. The van der Waals surface area contributed by atoms with E-state index < -0.39 is 10.0 Å². The maximum atomic E-state index is 13.6. The number of fused-ring (bicyclic) bond motifs is 1. The summed E-state index contributed by atoms with van der Waals surface area (Å²) in [6.45, 7) is 1.05. The van der Waals surface area contributed by atoms with Crippen LogP contribution in [-0.2, 0) is 29.7 Å². The zero-order valence-corrected chi connectivity index (χ0v) is 19.9. The highest BCUT2D eigenvalue weighted by molar-refractivity contribution is 7.89. The molecule has 5 aromatic rings. The molecule has 172 valence electrons. The Balaban J connectivity index is 1.33. The van der Waals surface area contributed by atoms with Crippen molar-refractivity contribution in [3.63, 3.8) is 0 Å². The van der Waals surface area contributed by atoms with E-state index >= 15 is 0 Å². The number of nitrogens with zero attached hydrogens (tertiary/aromatic N) is 4. The Morgan fingerprint density at radius 3 is 2.18 bits per heavy atom. The summed E-state index contributed by atoms with van der Waals surface area (Å²) in [5.41, 5.74) is 2.74. The van der Waals surface area contributed by atoms with Gasteiger partial charge in [-0.2, -0.15) is 4.31 Å². The fraction of sp³-hybridized carbons (Fsp3) is 0.120. The van der Waals surface area contributed by atoms with Crippen molar-refractivity contribution >= 4 is 32.1 Å². The third-order valence-corrected chi connectivity index (χ3v) is 7.92. The molecule has 3 aromatic heterocycles. The van der Waals surface area contributed by atoms with Gasteiger partial charge in [0, 0.05) is 37.1 Å². The summed E-state index contributed by atoms with van der Waals surface area (Å²) in [5.74, 6) is 0.591. The maximum Gasteiger partial charge on any atom is 0.245 e. The second-order valence-electron chi connectivity index (χ2n) is 7.80. The summed E-state index contributed by atoms with van der Waals surface area (Å²) < 4.78 is 30.6. The van der Waals surface area contributed by atoms with Gasteiger partial charge in [0.05, 0.1) is 12.2 Å². The number of hydrogen-bond donors (Lipinski definition) is 1. The average Bonchev–Trinajstić information content (AvgIpc) is 3.46. The molecule has 0 saturated heterocycles. The smallest absolute Gasteiger partial charge is 0.245 e. The SMILES string of the molecule is O=S(=O)(c1ccc(NCc2cn3ccsc3n2)nc1)N(Cc1ccccc1)Cc1ccccc1. The Kier molecular flexibility index (Phi) is 6.39. The van der Waals surface area contributed by atoms with Crippen molar-refractivity contribution in [2.75, 3.05) is 5.32 Å². The van der Waals surface area contributed by atoms with Crippen LogP contribution in [0.1, 0.15) is 16.8 Å². The predicted octanol–water partition coefficient (Wildman–Crippen LogP) is 4.79. The molecule has 0 amide bonds. The fourth-order valence-electron chi connectivity index (χ4n) is 3.63. The maximum absolute atomic E-state index is 13.6. The van der Waals surface area contributed by atoms with E-state index in [0.29, 0.717) is 12.4 Å². The largest absolute Gasteiger partial charge is 0.364 e. The highest BCUT2D eigenvalue weighted by atomic mass is 32.2. The van der Waals surface area contributed by atoms with Crippen molar-refractivity contribution in [2.24, 2.45) is 0 Å². The fourth-order valence-corrected chi connectivity index (χ4v) is 5.71. The molecule has 0 fully saturated rings. The quantitative estimate of drug-likeness (QED) is 0.322. The molecule has 0 bridgehead atoms. The van der Waals surface area contributed by atoms with Gasteiger partial charge in [0.1, 0.15) is 10.7 Å². The van der Waals surface area contributed by atoms with E-state index in [9.17, 15) is 8.42 Å². The molecular weight excluding hydrogens is 466 g/mol. The molecule has 0 unspecified atom stereocenters. The summed E-state index contributed by atoms with van der Waals surface area (Å²) in [6, 6.07) is 22.5. The number of imidazole rings is 1. The average molecular weight is 490 g/mol. The van der Waals surface area contributed by atoms with E-state index in [1.54, 1.807) is 23.5 Å². The lowest BCUT2D eigenvalue weighted by atomic mass is 10.2. The van der Waals surface area contributed by atoms with Crippen LogP contribution >= 0.6 is 11.3 Å². The van der Waals surface area contributed by atoms with Gasteiger partial charge in [-0.3, -0.25) is 4.40 Å². The normalized spacial score (nSPS) is 11.8. The molecule has 0 saturated carbocycles. The first-order valence-corrected chi connectivity index (χ1v) is 13.1. The van der Waals surface area contributed by atoms with Gasteiger partial charge in [0.15, 0.2) is 4.96 Å². The Bertz CT molecular complexity index is 1390. The summed E-state index contributed by atoms with van der Waals surface area (Å²) in [7, 11) is -3.76. The molecule has 0 aliphatic heterocycles. The van der Waals surface area contributed by atoms with Crippen molar-refractivity contribution in [2.45, 2.75) is 24.5 Å². The number of aromatic nitrogens is 3. The van der Waals surface area contributed by atoms with Crippen molar-refractivity contribution in [3.05, 3.63) is 114 Å². The molecular formula is C25H23N5O2S2. The van der Waals surface area contributed by atoms with Crippen LogP contribution in [0.15, 0.2) is 102 Å². The van der Waals surface area contributed by atoms with Crippen LogP contribution in [0.4, 0.5) is 5.82 Å². The third-order valence-electron chi connectivity index (χ3n) is 5.37. The molecule has 9 heteroatoms. The molecule has 1 N–H and O–H groups in total. The Labute approximate surface area is 202 Å². The molecule has 0 aliphatic carbocycles. The van der Waals surface area contributed by atoms with Gasteiger partial charge in [-0.1, -0.05) is 60.7 Å². The highest BCUT2D eigenvalue weighted by Gasteiger charge is 2.25. The van der Waals surface area contributed by atoms with E-state index in [4.69, 9.17) is 0 Å². The lowest BCUT2D eigenvalue weighted by Crippen LogP contribution is -2.30. The van der Waals surface area contributed by atoms with Gasteiger partial charge in [-0.15, -0.1) is 11.3 Å². The Morgan fingerprint density at radius 1 is 0.912 bits per heavy atom. The molecule has 0 spiro atoms. The van der Waals surface area contributed by atoms with Gasteiger partial charge in [-0.25, -0.2) is 18.4 Å². The first kappa shape index (κ1) is 22.3. The van der Waals surface area contributed by atoms with Gasteiger partial charge in [-0.05, 0) is 23.3 Å². The molecule has 5 rings (SSSR count). The number of sulfonamides is 1. The number of rotatable bonds is 9. The minimum Gasteiger partial charge on any atom is -0.364 e. The van der Waals surface area contributed by atoms with Crippen LogP contribution in [0.5, 0.6) is 0 Å². The van der Waals surface area contributed by atoms with Crippen molar-refractivity contribution in [1.29, 1.82) is 0 Å². The molecule has 7 nitrogen and oxygen atoms in total. The van der Waals surface area contributed by atoms with Crippen LogP contribution in [-0.4, -0.2) is 27.1 Å². The molecule has 0 radical (unpaired) electrons. The lowest BCUT2D eigenvalue weighted by Gasteiger charge is -2.22. The second-order valence-corrected chi connectivity index (χ2v) is 10.6. The number of thiazole rings is 1. The molecule has 0 atom stereocenters. The van der Waals surface area contributed by atoms with Crippen LogP contribution in [0.2, 0.25) is 0 Å². The number of anilines is 1. The third kappa shape index (κ3) is 5.01. The summed E-state index contributed by atoms with van der Waals surface area (Å²) in [5, 5.41) is 5.19. The number of hydrogen-bond acceptors (Lipinski definition) is 6. The first-order valence-electron chi connectivity index (χ1n) is 10.8. The van der Waals surface area contributed by atoms with Crippen LogP contribution in [0.3, 0.4) is 0 Å². The zero-order valence-electron chi connectivity index (χ0n) is 18.3. The van der Waals surface area contributed by atoms with Crippen LogP contribution in [0, 0.1) is 0 Å². The van der Waals surface area contributed by atoms with E-state index in [0.717, 1.165) is 21.8 Å². The Hall–Kier alpha value is -3.53. The highest BCUT2D eigenvalue weighted by Crippen LogP contribution is 2.22. The van der Waals surface area contributed by atoms with Gasteiger partial charge >= 0.3 is 0 Å². The molecule has 2 aromatic carbocycles. The molecule has 3 heterocycles. The number of pyridine rings is 1. The van der Waals surface area contributed by atoms with Crippen molar-refractivity contribution in [1.82, 2.24) is 18.7 Å². The van der Waals surface area contributed by atoms with Crippen LogP contribution in [0.25, 0.3) is 4.96 Å². The van der Waals surface area contributed by atoms with Gasteiger partial charge in [0.2, 0.25) is 10.0 Å². The van der Waals surface area contributed by atoms with E-state index in [-0.39, 0.29) is 18.0 Å². The standard InChI is InChI=1S/C25H23N5O2S2/c31-34(32,30(17-20-7-3-1-4-8-20)18-21-9-5-2-6-10-21)23-11-12-24(27-16-23)26-15-22-19-29-13-14-33-25(29)28-22/h1-14,16,19H,15,17-18H2,(H,26,27). The van der Waals surface area contributed by atoms with E-state index in [1.807, 2.05) is 82.8 Å². The predicted molar refractivity (Wildman–Crippen MR) is 134 cm³/mol. The second kappa shape index (κ2) is 9.76. The van der Waals surface area contributed by atoms with E-state index in [1.165, 1.54) is 10.5 Å². The summed E-state index contributed by atoms with van der Waals surface area (Å²) in [4.78, 5) is 9.98. The summed E-state index contributed by atoms with van der Waals surface area (Å²) in [6.07, 6.45) is 5.33. The van der Waals surface area contributed by atoms with Gasteiger partial charge < -0.3 is 5.32 Å². The van der Waals surface area contributed by atoms with E-state index in [2.05, 4.69) is 15.3 Å². The molecule has 34 heavy (non-hydrogen) atoms. The Morgan fingerprint density at radius 2 is 1.59 bits per heavy atom. The topological polar surface area (TPSA) is 79.6 Å². The van der Waals surface area contributed by atoms with Crippen molar-refractivity contribution in [3.8, 4) is 0 Å². The van der Waals surface area contributed by atoms with Gasteiger partial charge in [0.25, 0.3) is 0 Å². The number of benzene rings is 2. The first-order chi connectivity index (χ1) is 16.6. The zero-order chi connectivity index (χ0) is 23.4. The van der Waals surface area contributed by atoms with Crippen LogP contribution < -0.4 is 5.32 Å². The van der Waals surface area contributed by atoms with Crippen molar-refractivity contribution < 1.29 is 8.42 Å². The molecule has 0 aliphatic rings. The number of nitrogens with one attached hydrogen (secondary N) is 1. The minimum absolute atomic E-state index is 0.160.